The highest BCUT2D eigenvalue weighted by Gasteiger charge is 2.24. The first kappa shape index (κ1) is 19.1. The maximum absolute atomic E-state index is 13.1. The molecule has 27 heavy (non-hydrogen) atoms. The van der Waals surface area contributed by atoms with Gasteiger partial charge >= 0.3 is 0 Å². The van der Waals surface area contributed by atoms with E-state index in [1.54, 1.807) is 6.20 Å². The number of rotatable bonds is 3. The zero-order valence-electron chi connectivity index (χ0n) is 15.5. The van der Waals surface area contributed by atoms with Crippen LogP contribution in [0.4, 0.5) is 11.4 Å². The Balaban J connectivity index is 0.00000210. The number of nitrogens with one attached hydrogen (secondary N) is 1. The van der Waals surface area contributed by atoms with Crippen molar-refractivity contribution in [1.82, 2.24) is 14.9 Å². The van der Waals surface area contributed by atoms with Gasteiger partial charge < -0.3 is 10.2 Å². The molecule has 5 nitrogen and oxygen atoms in total. The summed E-state index contributed by atoms with van der Waals surface area (Å²) in [7, 11) is 0. The number of carbonyl (C=O) groups is 1. The number of amides is 1. The van der Waals surface area contributed by atoms with Crippen molar-refractivity contribution in [3.63, 3.8) is 0 Å². The van der Waals surface area contributed by atoms with Crippen molar-refractivity contribution in [3.05, 3.63) is 59.4 Å². The summed E-state index contributed by atoms with van der Waals surface area (Å²) in [5.74, 6) is 0.0357. The Morgan fingerprint density at radius 1 is 1.07 bits per heavy atom. The van der Waals surface area contributed by atoms with Crippen LogP contribution in [0.1, 0.15) is 34.5 Å². The summed E-state index contributed by atoms with van der Waals surface area (Å²) in [6.45, 7) is 5.62. The number of nitrogens with zero attached hydrogens (tertiary/aromatic N) is 3. The number of carbonyl (C=O) groups excluding carboxylic acids is 1. The summed E-state index contributed by atoms with van der Waals surface area (Å²) < 4.78 is 0. The van der Waals surface area contributed by atoms with E-state index in [-0.39, 0.29) is 18.3 Å². The number of fused-ring (bicyclic) bond motifs is 1. The minimum atomic E-state index is 0. The lowest BCUT2D eigenvalue weighted by molar-refractivity contribution is 0.0793. The average Bonchev–Trinajstić information content (AvgIpc) is 3.17. The summed E-state index contributed by atoms with van der Waals surface area (Å²) in [4.78, 5) is 24.0. The van der Waals surface area contributed by atoms with Crippen molar-refractivity contribution in [1.29, 1.82) is 0 Å². The van der Waals surface area contributed by atoms with E-state index in [0.717, 1.165) is 53.9 Å². The van der Waals surface area contributed by atoms with Crippen LogP contribution in [0.3, 0.4) is 0 Å². The van der Waals surface area contributed by atoms with Crippen molar-refractivity contribution in [2.24, 2.45) is 0 Å². The van der Waals surface area contributed by atoms with Crippen LogP contribution in [0.2, 0.25) is 0 Å². The molecule has 0 unspecified atom stereocenters. The van der Waals surface area contributed by atoms with Crippen LogP contribution in [0.5, 0.6) is 0 Å². The molecule has 1 amide bonds. The molecule has 3 heterocycles. The van der Waals surface area contributed by atoms with Crippen molar-refractivity contribution in [2.75, 3.05) is 18.4 Å². The van der Waals surface area contributed by atoms with Crippen molar-refractivity contribution >= 4 is 40.7 Å². The fourth-order valence-corrected chi connectivity index (χ4v) is 3.41. The number of hydrogen-bond donors (Lipinski definition) is 1. The quantitative estimate of drug-likeness (QED) is 0.716. The summed E-state index contributed by atoms with van der Waals surface area (Å²) in [6.07, 6.45) is 3.79. The third kappa shape index (κ3) is 3.74. The van der Waals surface area contributed by atoms with Gasteiger partial charge in [0, 0.05) is 36.1 Å². The van der Waals surface area contributed by atoms with Gasteiger partial charge in [-0.25, -0.2) is 9.97 Å². The number of hydrogen-bond acceptors (Lipinski definition) is 4. The van der Waals surface area contributed by atoms with Crippen LogP contribution in [-0.4, -0.2) is 33.9 Å². The van der Waals surface area contributed by atoms with Gasteiger partial charge in [0.15, 0.2) is 5.65 Å². The Labute approximate surface area is 165 Å². The lowest BCUT2D eigenvalue weighted by atomic mass is 10.1. The molecule has 0 atom stereocenters. The summed E-state index contributed by atoms with van der Waals surface area (Å²) in [6, 6.07) is 12.0. The molecule has 0 radical (unpaired) electrons. The van der Waals surface area contributed by atoms with Crippen LogP contribution in [0.15, 0.2) is 42.6 Å². The molecule has 140 valence electrons. The van der Waals surface area contributed by atoms with Gasteiger partial charge in [0.2, 0.25) is 0 Å². The van der Waals surface area contributed by atoms with E-state index in [1.807, 2.05) is 42.2 Å². The Kier molecular flexibility index (Phi) is 5.61. The Bertz CT molecular complexity index is 983. The number of anilines is 2. The zero-order chi connectivity index (χ0) is 18.1. The van der Waals surface area contributed by atoms with Gasteiger partial charge in [0.1, 0.15) is 0 Å². The van der Waals surface area contributed by atoms with E-state index in [0.29, 0.717) is 11.2 Å². The number of pyridine rings is 2. The van der Waals surface area contributed by atoms with Crippen LogP contribution in [0, 0.1) is 13.8 Å². The Morgan fingerprint density at radius 3 is 2.56 bits per heavy atom. The SMILES string of the molecule is Cc1ccc2c(Nc3ccccc3C)c(C(=O)N3CCCC3)cnc2n1.Cl. The maximum atomic E-state index is 13.1. The first-order valence-corrected chi connectivity index (χ1v) is 9.02. The van der Waals surface area contributed by atoms with E-state index in [9.17, 15) is 4.79 Å². The molecule has 0 aliphatic carbocycles. The first-order chi connectivity index (χ1) is 12.6. The molecule has 2 aromatic heterocycles. The third-order valence-corrected chi connectivity index (χ3v) is 4.90. The van der Waals surface area contributed by atoms with E-state index in [4.69, 9.17) is 0 Å². The molecule has 1 saturated heterocycles. The molecule has 4 rings (SSSR count). The predicted molar refractivity (Wildman–Crippen MR) is 111 cm³/mol. The van der Waals surface area contributed by atoms with E-state index in [2.05, 4.69) is 28.3 Å². The third-order valence-electron chi connectivity index (χ3n) is 4.90. The van der Waals surface area contributed by atoms with Crippen LogP contribution >= 0.6 is 12.4 Å². The van der Waals surface area contributed by atoms with Crippen LogP contribution < -0.4 is 5.32 Å². The highest BCUT2D eigenvalue weighted by Crippen LogP contribution is 2.31. The van der Waals surface area contributed by atoms with Crippen LogP contribution in [0.25, 0.3) is 11.0 Å². The molecular weight excluding hydrogens is 360 g/mol. The molecular formula is C21H23ClN4O. The second kappa shape index (κ2) is 7.92. The van der Waals surface area contributed by atoms with E-state index < -0.39 is 0 Å². The number of benzene rings is 1. The molecule has 1 aromatic carbocycles. The number of likely N-dealkylation sites (tertiary alicyclic amines) is 1. The lowest BCUT2D eigenvalue weighted by Gasteiger charge is -2.20. The average molecular weight is 383 g/mol. The topological polar surface area (TPSA) is 58.1 Å². The number of halogens is 1. The first-order valence-electron chi connectivity index (χ1n) is 9.02. The van der Waals surface area contributed by atoms with Crippen molar-refractivity contribution in [3.8, 4) is 0 Å². The highest BCUT2D eigenvalue weighted by molar-refractivity contribution is 6.07. The fraction of sp³-hybridized carbons (Fsp3) is 0.286. The van der Waals surface area contributed by atoms with Crippen molar-refractivity contribution in [2.45, 2.75) is 26.7 Å². The normalized spacial score (nSPS) is 13.5. The number of para-hydroxylation sites is 1. The molecule has 1 fully saturated rings. The van der Waals surface area contributed by atoms with Gasteiger partial charge in [-0.05, 0) is 50.5 Å². The van der Waals surface area contributed by atoms with Crippen molar-refractivity contribution < 1.29 is 4.79 Å². The Morgan fingerprint density at radius 2 is 1.81 bits per heavy atom. The van der Waals surface area contributed by atoms with Gasteiger partial charge in [-0.3, -0.25) is 4.79 Å². The second-order valence-electron chi connectivity index (χ2n) is 6.81. The molecule has 0 bridgehead atoms. The lowest BCUT2D eigenvalue weighted by Crippen LogP contribution is -2.28. The molecule has 1 aliphatic rings. The smallest absolute Gasteiger partial charge is 0.257 e. The van der Waals surface area contributed by atoms with Gasteiger partial charge in [0.05, 0.1) is 11.3 Å². The van der Waals surface area contributed by atoms with E-state index >= 15 is 0 Å². The summed E-state index contributed by atoms with van der Waals surface area (Å²) in [5, 5.41) is 4.34. The molecule has 6 heteroatoms. The zero-order valence-corrected chi connectivity index (χ0v) is 16.3. The maximum Gasteiger partial charge on any atom is 0.257 e. The highest BCUT2D eigenvalue weighted by atomic mass is 35.5. The number of aromatic nitrogens is 2. The largest absolute Gasteiger partial charge is 0.354 e. The molecule has 1 aliphatic heterocycles. The minimum absolute atomic E-state index is 0. The molecule has 1 N–H and O–H groups in total. The van der Waals surface area contributed by atoms with Crippen LogP contribution in [-0.2, 0) is 0 Å². The fourth-order valence-electron chi connectivity index (χ4n) is 3.41. The van der Waals surface area contributed by atoms with E-state index in [1.165, 1.54) is 0 Å². The minimum Gasteiger partial charge on any atom is -0.354 e. The summed E-state index contributed by atoms with van der Waals surface area (Å²) in [5.41, 5.74) is 5.06. The number of aryl methyl sites for hydroxylation is 2. The molecule has 3 aromatic rings. The van der Waals surface area contributed by atoms with Gasteiger partial charge in [-0.1, -0.05) is 18.2 Å². The van der Waals surface area contributed by atoms with Gasteiger partial charge in [0.25, 0.3) is 5.91 Å². The van der Waals surface area contributed by atoms with Gasteiger partial charge in [-0.2, -0.15) is 0 Å². The van der Waals surface area contributed by atoms with Gasteiger partial charge in [-0.15, -0.1) is 12.4 Å². The predicted octanol–water partition coefficient (Wildman–Crippen LogP) is 4.65. The second-order valence-corrected chi connectivity index (χ2v) is 6.81. The monoisotopic (exact) mass is 382 g/mol. The standard InChI is InChI=1S/C21H22N4O.ClH/c1-14-7-3-4-8-18(14)24-19-16-10-9-15(2)23-20(16)22-13-17(19)21(26)25-11-5-6-12-25;/h3-4,7-10,13H,5-6,11-12H2,1-2H3,(H,22,23,24);1H. The molecule has 0 spiro atoms. The summed E-state index contributed by atoms with van der Waals surface area (Å²) >= 11 is 0. The Hall–Kier alpha value is -2.66. The molecule has 0 saturated carbocycles.